The Morgan fingerprint density at radius 3 is 2.66 bits per heavy atom. The van der Waals surface area contributed by atoms with Crippen molar-refractivity contribution in [1.29, 1.82) is 0 Å². The molecule has 2 aliphatic rings. The average molecular weight is 399 g/mol. The minimum atomic E-state index is -0.471. The summed E-state index contributed by atoms with van der Waals surface area (Å²) in [5.41, 5.74) is 1.44. The second-order valence-corrected chi connectivity index (χ2v) is 7.25. The molecule has 1 atom stereocenters. The quantitative estimate of drug-likeness (QED) is 0.846. The molecule has 2 aromatic rings. The van der Waals surface area contributed by atoms with Crippen molar-refractivity contribution in [3.05, 3.63) is 63.3 Å². The lowest BCUT2D eigenvalue weighted by Crippen LogP contribution is -2.44. The van der Waals surface area contributed by atoms with Gasteiger partial charge in [0.05, 0.1) is 0 Å². The largest absolute Gasteiger partial charge is 0.368 e. The zero-order chi connectivity index (χ0) is 20.5. The van der Waals surface area contributed by atoms with Gasteiger partial charge in [-0.3, -0.25) is 19.0 Å². The molecule has 4 rings (SSSR count). The standard InChI is InChI=1S/C21H22FN3O4/c1-23-19(26)18-16-8-9-24(20(27)17-3-2-10-29-17)11-13(16)12-25(21(18)28)15-6-4-14(22)5-7-15/h4-7,12,17H,2-3,8-11H2,1H3,(H,23,26). The number of pyridine rings is 1. The molecule has 1 aromatic carbocycles. The number of rotatable bonds is 3. The lowest BCUT2D eigenvalue weighted by atomic mass is 9.95. The van der Waals surface area contributed by atoms with Crippen molar-refractivity contribution >= 4 is 11.8 Å². The molecule has 1 N–H and O–H groups in total. The monoisotopic (exact) mass is 399 g/mol. The number of ether oxygens (including phenoxy) is 1. The Bertz CT molecular complexity index is 1010. The summed E-state index contributed by atoms with van der Waals surface area (Å²) in [6.45, 7) is 1.31. The number of hydrogen-bond donors (Lipinski definition) is 1. The first kappa shape index (κ1) is 19.3. The molecular formula is C21H22FN3O4. The molecule has 1 aromatic heterocycles. The number of carbonyl (C=O) groups excluding carboxylic acids is 2. The van der Waals surface area contributed by atoms with Gasteiger partial charge in [-0.05, 0) is 54.7 Å². The van der Waals surface area contributed by atoms with Crippen LogP contribution in [0.15, 0.2) is 35.3 Å². The van der Waals surface area contributed by atoms with Crippen molar-refractivity contribution in [1.82, 2.24) is 14.8 Å². The molecule has 8 heteroatoms. The maximum atomic E-state index is 13.3. The Labute approximate surface area is 167 Å². The van der Waals surface area contributed by atoms with Crippen LogP contribution in [0.3, 0.4) is 0 Å². The summed E-state index contributed by atoms with van der Waals surface area (Å²) in [5, 5.41) is 2.53. The molecule has 0 aliphatic carbocycles. The molecule has 29 heavy (non-hydrogen) atoms. The first-order valence-electron chi connectivity index (χ1n) is 9.65. The Morgan fingerprint density at radius 1 is 1.24 bits per heavy atom. The molecule has 7 nitrogen and oxygen atoms in total. The van der Waals surface area contributed by atoms with Gasteiger partial charge in [-0.25, -0.2) is 4.39 Å². The molecule has 0 radical (unpaired) electrons. The average Bonchev–Trinajstić information content (AvgIpc) is 3.27. The van der Waals surface area contributed by atoms with E-state index in [1.165, 1.54) is 35.9 Å². The second kappa shape index (κ2) is 7.79. The van der Waals surface area contributed by atoms with Gasteiger partial charge in [0.2, 0.25) is 0 Å². The van der Waals surface area contributed by atoms with E-state index in [4.69, 9.17) is 4.74 Å². The number of amides is 2. The highest BCUT2D eigenvalue weighted by molar-refractivity contribution is 5.95. The van der Waals surface area contributed by atoms with E-state index in [2.05, 4.69) is 5.32 Å². The predicted molar refractivity (Wildman–Crippen MR) is 103 cm³/mol. The topological polar surface area (TPSA) is 80.6 Å². The Hall–Kier alpha value is -3.00. The summed E-state index contributed by atoms with van der Waals surface area (Å²) in [4.78, 5) is 40.0. The first-order valence-corrected chi connectivity index (χ1v) is 9.65. The van der Waals surface area contributed by atoms with Gasteiger partial charge >= 0.3 is 0 Å². The van der Waals surface area contributed by atoms with E-state index >= 15 is 0 Å². The molecule has 0 saturated carbocycles. The fraction of sp³-hybridized carbons (Fsp3) is 0.381. The lowest BCUT2D eigenvalue weighted by molar-refractivity contribution is -0.141. The summed E-state index contributed by atoms with van der Waals surface area (Å²) < 4.78 is 20.2. The lowest BCUT2D eigenvalue weighted by Gasteiger charge is -2.31. The van der Waals surface area contributed by atoms with Crippen molar-refractivity contribution in [2.45, 2.75) is 31.9 Å². The number of aromatic nitrogens is 1. The van der Waals surface area contributed by atoms with Gasteiger partial charge in [-0.2, -0.15) is 0 Å². The number of halogens is 1. The Balaban J connectivity index is 1.77. The summed E-state index contributed by atoms with van der Waals surface area (Å²) in [6, 6.07) is 5.48. The molecule has 1 fully saturated rings. The van der Waals surface area contributed by atoms with Crippen molar-refractivity contribution in [2.24, 2.45) is 0 Å². The van der Waals surface area contributed by atoms with Crippen LogP contribution in [0.25, 0.3) is 5.69 Å². The number of hydrogen-bond acceptors (Lipinski definition) is 4. The normalized spacial score (nSPS) is 18.4. The Kier molecular flexibility index (Phi) is 5.19. The van der Waals surface area contributed by atoms with E-state index in [0.717, 1.165) is 12.0 Å². The van der Waals surface area contributed by atoms with Gasteiger partial charge in [-0.1, -0.05) is 0 Å². The van der Waals surface area contributed by atoms with E-state index in [0.29, 0.717) is 43.8 Å². The highest BCUT2D eigenvalue weighted by Crippen LogP contribution is 2.24. The molecular weight excluding hydrogens is 377 g/mol. The zero-order valence-corrected chi connectivity index (χ0v) is 16.1. The van der Waals surface area contributed by atoms with Gasteiger partial charge in [0.1, 0.15) is 17.5 Å². The van der Waals surface area contributed by atoms with Gasteiger partial charge in [0.25, 0.3) is 17.4 Å². The van der Waals surface area contributed by atoms with Gasteiger partial charge in [0.15, 0.2) is 0 Å². The number of nitrogens with zero attached hydrogens (tertiary/aromatic N) is 2. The summed E-state index contributed by atoms with van der Waals surface area (Å²) in [6.07, 6.45) is 3.22. The minimum Gasteiger partial charge on any atom is -0.368 e. The smallest absolute Gasteiger partial charge is 0.268 e. The van der Waals surface area contributed by atoms with E-state index in [9.17, 15) is 18.8 Å². The highest BCUT2D eigenvalue weighted by Gasteiger charge is 2.32. The van der Waals surface area contributed by atoms with E-state index in [1.54, 1.807) is 11.1 Å². The second-order valence-electron chi connectivity index (χ2n) is 7.25. The predicted octanol–water partition coefficient (Wildman–Crippen LogP) is 1.40. The number of nitrogens with one attached hydrogen (secondary N) is 1. The van der Waals surface area contributed by atoms with Crippen LogP contribution in [0, 0.1) is 5.82 Å². The van der Waals surface area contributed by atoms with E-state index in [-0.39, 0.29) is 11.5 Å². The van der Waals surface area contributed by atoms with Crippen LogP contribution < -0.4 is 10.9 Å². The molecule has 0 bridgehead atoms. The SMILES string of the molecule is CNC(=O)c1c2c(cn(-c3ccc(F)cc3)c1=O)CN(C(=O)C1CCCO1)CC2. The van der Waals surface area contributed by atoms with E-state index in [1.807, 2.05) is 0 Å². The van der Waals surface area contributed by atoms with Crippen LogP contribution >= 0.6 is 0 Å². The third-order valence-electron chi connectivity index (χ3n) is 5.48. The van der Waals surface area contributed by atoms with Crippen LogP contribution in [0.4, 0.5) is 4.39 Å². The Morgan fingerprint density at radius 2 is 2.00 bits per heavy atom. The van der Waals surface area contributed by atoms with Crippen LogP contribution in [0.1, 0.15) is 34.3 Å². The van der Waals surface area contributed by atoms with Gasteiger partial charge in [-0.15, -0.1) is 0 Å². The van der Waals surface area contributed by atoms with Crippen molar-refractivity contribution < 1.29 is 18.7 Å². The molecule has 1 saturated heterocycles. The third kappa shape index (κ3) is 3.55. The van der Waals surface area contributed by atoms with E-state index < -0.39 is 23.4 Å². The number of benzene rings is 1. The maximum Gasteiger partial charge on any atom is 0.268 e. The summed E-state index contributed by atoms with van der Waals surface area (Å²) >= 11 is 0. The van der Waals surface area contributed by atoms with Crippen LogP contribution in [-0.4, -0.2) is 47.6 Å². The fourth-order valence-electron chi connectivity index (χ4n) is 3.97. The first-order chi connectivity index (χ1) is 14.0. The van der Waals surface area contributed by atoms with Gasteiger partial charge in [0, 0.05) is 38.6 Å². The molecule has 0 spiro atoms. The summed E-state index contributed by atoms with van der Waals surface area (Å²) in [5.74, 6) is -0.949. The molecule has 2 amide bonds. The van der Waals surface area contributed by atoms with Gasteiger partial charge < -0.3 is 15.0 Å². The number of carbonyl (C=O) groups is 2. The minimum absolute atomic E-state index is 0.0609. The van der Waals surface area contributed by atoms with Crippen LogP contribution in [0.5, 0.6) is 0 Å². The number of fused-ring (bicyclic) bond motifs is 1. The highest BCUT2D eigenvalue weighted by atomic mass is 19.1. The molecule has 152 valence electrons. The molecule has 3 heterocycles. The molecule has 1 unspecified atom stereocenters. The summed E-state index contributed by atoms with van der Waals surface area (Å²) in [7, 11) is 1.47. The van der Waals surface area contributed by atoms with Crippen molar-refractivity contribution in [3.63, 3.8) is 0 Å². The molecule has 2 aliphatic heterocycles. The van der Waals surface area contributed by atoms with Crippen molar-refractivity contribution in [2.75, 3.05) is 20.2 Å². The third-order valence-corrected chi connectivity index (χ3v) is 5.48. The maximum absolute atomic E-state index is 13.3. The van der Waals surface area contributed by atoms with Crippen molar-refractivity contribution in [3.8, 4) is 5.69 Å². The van der Waals surface area contributed by atoms with Crippen LogP contribution in [-0.2, 0) is 22.5 Å². The zero-order valence-electron chi connectivity index (χ0n) is 16.1. The fourth-order valence-corrected chi connectivity index (χ4v) is 3.97. The van der Waals surface area contributed by atoms with Crippen LogP contribution in [0.2, 0.25) is 0 Å².